The zero-order chi connectivity index (χ0) is 16.1. The lowest BCUT2D eigenvalue weighted by Crippen LogP contribution is -2.51. The van der Waals surface area contributed by atoms with Gasteiger partial charge >= 0.3 is 0 Å². The average molecular weight is 303 g/mol. The fourth-order valence-electron chi connectivity index (χ4n) is 3.02. The van der Waals surface area contributed by atoms with Gasteiger partial charge in [0.05, 0.1) is 0 Å². The van der Waals surface area contributed by atoms with Gasteiger partial charge in [-0.05, 0) is 36.5 Å². The third kappa shape index (κ3) is 3.85. The van der Waals surface area contributed by atoms with Crippen LogP contribution >= 0.6 is 0 Å². The third-order valence-corrected chi connectivity index (χ3v) is 4.36. The minimum atomic E-state index is -0.0618. The highest BCUT2D eigenvalue weighted by Gasteiger charge is 2.31. The number of benzene rings is 1. The van der Waals surface area contributed by atoms with Crippen LogP contribution in [0.5, 0.6) is 0 Å². The number of carbonyl (C=O) groups is 2. The number of amides is 2. The summed E-state index contributed by atoms with van der Waals surface area (Å²) < 4.78 is 0. The van der Waals surface area contributed by atoms with Crippen molar-refractivity contribution in [1.29, 1.82) is 0 Å². The fourth-order valence-corrected chi connectivity index (χ4v) is 3.02. The van der Waals surface area contributed by atoms with Crippen molar-refractivity contribution in [3.05, 3.63) is 35.4 Å². The number of hydrogen-bond donors (Lipinski definition) is 2. The van der Waals surface area contributed by atoms with Crippen molar-refractivity contribution in [2.24, 2.45) is 11.7 Å². The largest absolute Gasteiger partial charge is 0.352 e. The van der Waals surface area contributed by atoms with Crippen LogP contribution in [0.3, 0.4) is 0 Å². The Morgan fingerprint density at radius 1 is 1.32 bits per heavy atom. The Morgan fingerprint density at radius 3 is 2.59 bits per heavy atom. The van der Waals surface area contributed by atoms with E-state index in [-0.39, 0.29) is 17.9 Å². The molecule has 2 atom stereocenters. The lowest BCUT2D eigenvalue weighted by atomic mass is 9.90. The van der Waals surface area contributed by atoms with Crippen molar-refractivity contribution in [3.8, 4) is 0 Å². The molecule has 2 amide bonds. The summed E-state index contributed by atoms with van der Waals surface area (Å²) in [5, 5.41) is 2.75. The van der Waals surface area contributed by atoms with Crippen LogP contribution in [0.15, 0.2) is 24.3 Å². The molecule has 2 rings (SSSR count). The molecule has 5 heteroatoms. The van der Waals surface area contributed by atoms with E-state index < -0.39 is 0 Å². The second-order valence-electron chi connectivity index (χ2n) is 6.03. The van der Waals surface area contributed by atoms with Crippen molar-refractivity contribution in [1.82, 2.24) is 10.2 Å². The Balaban J connectivity index is 2.06. The maximum Gasteiger partial charge on any atom is 0.254 e. The van der Waals surface area contributed by atoms with E-state index >= 15 is 0 Å². The first-order valence-electron chi connectivity index (χ1n) is 7.87. The van der Waals surface area contributed by atoms with E-state index in [1.807, 2.05) is 29.2 Å². The molecule has 1 aliphatic rings. The van der Waals surface area contributed by atoms with Crippen LogP contribution in [-0.4, -0.2) is 35.8 Å². The van der Waals surface area contributed by atoms with Gasteiger partial charge in [-0.15, -0.1) is 0 Å². The Morgan fingerprint density at radius 2 is 2.00 bits per heavy atom. The molecular formula is C17H25N3O2. The Labute approximate surface area is 131 Å². The molecule has 0 aliphatic carbocycles. The number of hydrogen-bond acceptors (Lipinski definition) is 3. The normalized spacial score (nSPS) is 21.5. The zero-order valence-electron chi connectivity index (χ0n) is 13.3. The lowest BCUT2D eigenvalue weighted by molar-refractivity contribution is -0.119. The van der Waals surface area contributed by atoms with Gasteiger partial charge in [-0.1, -0.05) is 19.1 Å². The van der Waals surface area contributed by atoms with Gasteiger partial charge in [0.25, 0.3) is 5.91 Å². The predicted octanol–water partition coefficient (Wildman–Crippen LogP) is 1.52. The molecule has 0 spiro atoms. The SMILES string of the molecule is CC(=O)NCc1ccc(C(=O)N2CCC[C@@H](C)[C@H]2CN)cc1. The van der Waals surface area contributed by atoms with Crippen molar-refractivity contribution in [2.45, 2.75) is 39.3 Å². The van der Waals surface area contributed by atoms with E-state index in [4.69, 9.17) is 5.73 Å². The van der Waals surface area contributed by atoms with E-state index in [0.29, 0.717) is 24.6 Å². The van der Waals surface area contributed by atoms with Gasteiger partial charge in [-0.2, -0.15) is 0 Å². The minimum Gasteiger partial charge on any atom is -0.352 e. The van der Waals surface area contributed by atoms with Gasteiger partial charge in [0.15, 0.2) is 0 Å². The van der Waals surface area contributed by atoms with E-state index in [9.17, 15) is 9.59 Å². The molecule has 0 saturated carbocycles. The zero-order valence-corrected chi connectivity index (χ0v) is 13.3. The van der Waals surface area contributed by atoms with Crippen LogP contribution in [-0.2, 0) is 11.3 Å². The highest BCUT2D eigenvalue weighted by atomic mass is 16.2. The third-order valence-electron chi connectivity index (χ3n) is 4.36. The molecule has 0 unspecified atom stereocenters. The van der Waals surface area contributed by atoms with Crippen LogP contribution < -0.4 is 11.1 Å². The Hall–Kier alpha value is -1.88. The molecule has 1 saturated heterocycles. The summed E-state index contributed by atoms with van der Waals surface area (Å²) >= 11 is 0. The second-order valence-corrected chi connectivity index (χ2v) is 6.03. The maximum absolute atomic E-state index is 12.7. The summed E-state index contributed by atoms with van der Waals surface area (Å²) in [6.07, 6.45) is 2.16. The van der Waals surface area contributed by atoms with Crippen LogP contribution in [0.1, 0.15) is 42.6 Å². The molecule has 1 aromatic carbocycles. The van der Waals surface area contributed by atoms with Gasteiger partial charge in [0, 0.05) is 38.2 Å². The predicted molar refractivity (Wildman–Crippen MR) is 86.2 cm³/mol. The van der Waals surface area contributed by atoms with E-state index in [1.54, 1.807) is 0 Å². The number of likely N-dealkylation sites (tertiary alicyclic amines) is 1. The van der Waals surface area contributed by atoms with Gasteiger partial charge < -0.3 is 16.0 Å². The summed E-state index contributed by atoms with van der Waals surface area (Å²) in [5.74, 6) is 0.433. The second kappa shape index (κ2) is 7.40. The monoisotopic (exact) mass is 303 g/mol. The van der Waals surface area contributed by atoms with Crippen molar-refractivity contribution in [3.63, 3.8) is 0 Å². The first-order chi connectivity index (χ1) is 10.5. The number of rotatable bonds is 4. The van der Waals surface area contributed by atoms with Crippen molar-refractivity contribution < 1.29 is 9.59 Å². The highest BCUT2D eigenvalue weighted by molar-refractivity contribution is 5.94. The van der Waals surface area contributed by atoms with Gasteiger partial charge in [-0.25, -0.2) is 0 Å². The number of nitrogens with one attached hydrogen (secondary N) is 1. The minimum absolute atomic E-state index is 0.0491. The summed E-state index contributed by atoms with van der Waals surface area (Å²) in [6.45, 7) is 5.41. The molecule has 1 aromatic rings. The summed E-state index contributed by atoms with van der Waals surface area (Å²) in [6, 6.07) is 7.54. The number of nitrogens with two attached hydrogens (primary N) is 1. The van der Waals surface area contributed by atoms with E-state index in [1.165, 1.54) is 6.92 Å². The van der Waals surface area contributed by atoms with E-state index in [2.05, 4.69) is 12.2 Å². The molecule has 5 nitrogen and oxygen atoms in total. The topological polar surface area (TPSA) is 75.4 Å². The molecule has 120 valence electrons. The van der Waals surface area contributed by atoms with Crippen molar-refractivity contribution in [2.75, 3.05) is 13.1 Å². The highest BCUT2D eigenvalue weighted by Crippen LogP contribution is 2.24. The van der Waals surface area contributed by atoms with Crippen LogP contribution in [0, 0.1) is 5.92 Å². The first-order valence-corrected chi connectivity index (χ1v) is 7.87. The molecule has 3 N–H and O–H groups in total. The summed E-state index contributed by atoms with van der Waals surface area (Å²) in [7, 11) is 0. The van der Waals surface area contributed by atoms with Gasteiger partial charge in [-0.3, -0.25) is 9.59 Å². The molecule has 0 radical (unpaired) electrons. The average Bonchev–Trinajstić information content (AvgIpc) is 2.52. The molecule has 22 heavy (non-hydrogen) atoms. The first kappa shape index (κ1) is 16.5. The van der Waals surface area contributed by atoms with Gasteiger partial charge in [0.1, 0.15) is 0 Å². The molecule has 1 heterocycles. The van der Waals surface area contributed by atoms with Crippen molar-refractivity contribution >= 4 is 11.8 Å². The molecule has 1 aliphatic heterocycles. The number of nitrogens with zero attached hydrogens (tertiary/aromatic N) is 1. The Kier molecular flexibility index (Phi) is 5.55. The van der Waals surface area contributed by atoms with E-state index in [0.717, 1.165) is 24.9 Å². The molecular weight excluding hydrogens is 278 g/mol. The molecule has 1 fully saturated rings. The van der Waals surface area contributed by atoms with Crippen LogP contribution in [0.4, 0.5) is 0 Å². The maximum atomic E-state index is 12.7. The molecule has 0 bridgehead atoms. The summed E-state index contributed by atoms with van der Waals surface area (Å²) in [4.78, 5) is 25.5. The standard InChI is InChI=1S/C17H25N3O2/c1-12-4-3-9-20(16(12)10-18)17(22)15-7-5-14(6-8-15)11-19-13(2)21/h5-8,12,16H,3-4,9-11,18H2,1-2H3,(H,19,21)/t12-,16-/m1/s1. The Bertz CT molecular complexity index is 527. The van der Waals surface area contributed by atoms with Crippen LogP contribution in [0.2, 0.25) is 0 Å². The lowest BCUT2D eigenvalue weighted by Gasteiger charge is -2.39. The fraction of sp³-hybridized carbons (Fsp3) is 0.529. The quantitative estimate of drug-likeness (QED) is 0.885. The number of carbonyl (C=O) groups excluding carboxylic acids is 2. The number of piperidine rings is 1. The smallest absolute Gasteiger partial charge is 0.254 e. The van der Waals surface area contributed by atoms with Gasteiger partial charge in [0.2, 0.25) is 5.91 Å². The van der Waals surface area contributed by atoms with Crippen LogP contribution in [0.25, 0.3) is 0 Å². The summed E-state index contributed by atoms with van der Waals surface area (Å²) in [5.41, 5.74) is 7.52. The molecule has 0 aromatic heterocycles.